The summed E-state index contributed by atoms with van der Waals surface area (Å²) in [6.07, 6.45) is 3.56. The summed E-state index contributed by atoms with van der Waals surface area (Å²) >= 11 is 0. The molecule has 1 saturated heterocycles. The summed E-state index contributed by atoms with van der Waals surface area (Å²) in [5.41, 5.74) is 2.19. The van der Waals surface area contributed by atoms with Crippen molar-refractivity contribution in [3.8, 4) is 0 Å². The summed E-state index contributed by atoms with van der Waals surface area (Å²) < 4.78 is 12.1. The molecule has 96 valence electrons. The minimum absolute atomic E-state index is 0.333. The highest BCUT2D eigenvalue weighted by Gasteiger charge is 2.52. The second kappa shape index (κ2) is 4.21. The molecule has 18 heavy (non-hydrogen) atoms. The minimum Gasteiger partial charge on any atom is -0.399 e. The summed E-state index contributed by atoms with van der Waals surface area (Å²) in [6, 6.07) is 2.05. The van der Waals surface area contributed by atoms with Crippen molar-refractivity contribution in [3.63, 3.8) is 0 Å². The molecular weight excluding hydrogens is 225 g/mol. The van der Waals surface area contributed by atoms with Gasteiger partial charge in [-0.2, -0.15) is 0 Å². The Balaban J connectivity index is 2.40. The van der Waals surface area contributed by atoms with Crippen molar-refractivity contribution in [2.24, 2.45) is 0 Å². The maximum Gasteiger partial charge on any atom is 0.497 e. The smallest absolute Gasteiger partial charge is 0.399 e. The van der Waals surface area contributed by atoms with E-state index in [-0.39, 0.29) is 18.3 Å². The molecule has 0 atom stereocenters. The molecule has 0 unspecified atom stereocenters. The number of pyridine rings is 1. The molecule has 0 aromatic carbocycles. The number of nitrogens with zero attached hydrogens (tertiary/aromatic N) is 1. The van der Waals surface area contributed by atoms with Crippen LogP contribution in [0.4, 0.5) is 0 Å². The lowest BCUT2D eigenvalue weighted by atomic mass is 9.77. The monoisotopic (exact) mass is 245 g/mol. The van der Waals surface area contributed by atoms with Gasteiger partial charge in [-0.05, 0) is 46.3 Å². The first-order valence-electron chi connectivity index (χ1n) is 6.21. The van der Waals surface area contributed by atoms with Gasteiger partial charge in [-0.3, -0.25) is 4.98 Å². The quantitative estimate of drug-likeness (QED) is 0.749. The lowest BCUT2D eigenvalue weighted by Gasteiger charge is -2.32. The average Bonchev–Trinajstić information content (AvgIpc) is 2.48. The van der Waals surface area contributed by atoms with Crippen molar-refractivity contribution in [1.29, 1.82) is 0 Å². The first-order valence-corrected chi connectivity index (χ1v) is 6.21. The fourth-order valence-corrected chi connectivity index (χ4v) is 1.93. The number of aryl methyl sites for hydroxylation is 1. The number of aromatic nitrogens is 1. The first kappa shape index (κ1) is 13.3. The van der Waals surface area contributed by atoms with E-state index < -0.39 is 0 Å². The van der Waals surface area contributed by atoms with Crippen LogP contribution in [0.5, 0.6) is 0 Å². The largest absolute Gasteiger partial charge is 0.497 e. The van der Waals surface area contributed by atoms with Crippen molar-refractivity contribution in [3.05, 3.63) is 30.1 Å². The van der Waals surface area contributed by atoms with Gasteiger partial charge in [0.25, 0.3) is 0 Å². The Bertz CT molecular complexity index is 467. The van der Waals surface area contributed by atoms with Gasteiger partial charge < -0.3 is 9.31 Å². The topological polar surface area (TPSA) is 31.4 Å². The molecule has 1 fully saturated rings. The van der Waals surface area contributed by atoms with Gasteiger partial charge in [0.15, 0.2) is 0 Å². The van der Waals surface area contributed by atoms with Crippen molar-refractivity contribution >= 4 is 18.7 Å². The van der Waals surface area contributed by atoms with Gasteiger partial charge in [-0.15, -0.1) is 0 Å². The molecule has 0 radical (unpaired) electrons. The standard InChI is InChI=1S/C14H20BNO2/c1-7-12-11(8-10(2)9-16-12)15-17-13(3,4)14(5,6)18-15/h7-9H,1H2,2-6H3. The third-order valence-corrected chi connectivity index (χ3v) is 3.79. The maximum atomic E-state index is 6.04. The van der Waals surface area contributed by atoms with Crippen LogP contribution in [0.25, 0.3) is 6.08 Å². The molecule has 0 amide bonds. The molecule has 2 heterocycles. The lowest BCUT2D eigenvalue weighted by Crippen LogP contribution is -2.41. The fourth-order valence-electron chi connectivity index (χ4n) is 1.93. The normalized spacial score (nSPS) is 21.1. The second-order valence-corrected chi connectivity index (χ2v) is 5.78. The van der Waals surface area contributed by atoms with Gasteiger partial charge in [-0.1, -0.05) is 12.6 Å². The first-order chi connectivity index (χ1) is 8.27. The van der Waals surface area contributed by atoms with Crippen LogP contribution in [0.15, 0.2) is 18.8 Å². The van der Waals surface area contributed by atoms with E-state index in [1.807, 2.05) is 46.9 Å². The van der Waals surface area contributed by atoms with Gasteiger partial charge in [0.2, 0.25) is 0 Å². The van der Waals surface area contributed by atoms with Crippen LogP contribution < -0.4 is 5.46 Å². The molecule has 1 aliphatic heterocycles. The van der Waals surface area contributed by atoms with E-state index in [0.29, 0.717) is 0 Å². The third-order valence-electron chi connectivity index (χ3n) is 3.79. The Morgan fingerprint density at radius 1 is 1.22 bits per heavy atom. The molecule has 3 nitrogen and oxygen atoms in total. The molecule has 0 N–H and O–H groups in total. The molecule has 1 aliphatic rings. The van der Waals surface area contributed by atoms with E-state index in [1.54, 1.807) is 6.08 Å². The molecule has 0 saturated carbocycles. The van der Waals surface area contributed by atoms with E-state index in [4.69, 9.17) is 9.31 Å². The van der Waals surface area contributed by atoms with Crippen LogP contribution >= 0.6 is 0 Å². The van der Waals surface area contributed by atoms with Gasteiger partial charge in [0.1, 0.15) is 0 Å². The van der Waals surface area contributed by atoms with Crippen LogP contribution in [0.1, 0.15) is 39.0 Å². The Labute approximate surface area is 109 Å². The predicted octanol–water partition coefficient (Wildman–Crippen LogP) is 2.33. The van der Waals surface area contributed by atoms with Gasteiger partial charge in [0, 0.05) is 11.7 Å². The summed E-state index contributed by atoms with van der Waals surface area (Å²) in [4.78, 5) is 4.36. The highest BCUT2D eigenvalue weighted by molar-refractivity contribution is 6.62. The molecule has 0 aliphatic carbocycles. The van der Waals surface area contributed by atoms with Gasteiger partial charge in [0.05, 0.1) is 16.9 Å². The fraction of sp³-hybridized carbons (Fsp3) is 0.500. The van der Waals surface area contributed by atoms with Crippen molar-refractivity contribution in [1.82, 2.24) is 4.98 Å². The van der Waals surface area contributed by atoms with Crippen molar-refractivity contribution in [2.45, 2.75) is 45.8 Å². The Morgan fingerprint density at radius 3 is 2.28 bits per heavy atom. The summed E-state index contributed by atoms with van der Waals surface area (Å²) in [5.74, 6) is 0. The van der Waals surface area contributed by atoms with Crippen molar-refractivity contribution in [2.75, 3.05) is 0 Å². The predicted molar refractivity (Wildman–Crippen MR) is 74.8 cm³/mol. The average molecular weight is 245 g/mol. The molecule has 0 bridgehead atoms. The van der Waals surface area contributed by atoms with Crippen LogP contribution in [-0.4, -0.2) is 23.3 Å². The zero-order valence-corrected chi connectivity index (χ0v) is 11.8. The lowest BCUT2D eigenvalue weighted by molar-refractivity contribution is 0.00578. The van der Waals surface area contributed by atoms with Crippen LogP contribution in [0.2, 0.25) is 0 Å². The molecule has 2 rings (SSSR count). The second-order valence-electron chi connectivity index (χ2n) is 5.78. The van der Waals surface area contributed by atoms with Crippen LogP contribution in [0.3, 0.4) is 0 Å². The molecular formula is C14H20BNO2. The number of rotatable bonds is 2. The number of hydrogen-bond donors (Lipinski definition) is 0. The Hall–Kier alpha value is -1.13. The third kappa shape index (κ3) is 2.11. The number of hydrogen-bond acceptors (Lipinski definition) is 3. The summed E-state index contributed by atoms with van der Waals surface area (Å²) in [7, 11) is -0.379. The van der Waals surface area contributed by atoms with Crippen molar-refractivity contribution < 1.29 is 9.31 Å². The van der Waals surface area contributed by atoms with E-state index in [0.717, 1.165) is 16.7 Å². The van der Waals surface area contributed by atoms with E-state index in [9.17, 15) is 0 Å². The zero-order valence-electron chi connectivity index (χ0n) is 11.8. The van der Waals surface area contributed by atoms with Gasteiger partial charge in [-0.25, -0.2) is 0 Å². The Morgan fingerprint density at radius 2 is 1.78 bits per heavy atom. The zero-order chi connectivity index (χ0) is 13.6. The minimum atomic E-state index is -0.379. The van der Waals surface area contributed by atoms with E-state index in [2.05, 4.69) is 11.6 Å². The van der Waals surface area contributed by atoms with E-state index in [1.165, 1.54) is 0 Å². The van der Waals surface area contributed by atoms with Crippen LogP contribution in [0, 0.1) is 6.92 Å². The molecule has 0 spiro atoms. The Kier molecular flexibility index (Phi) is 3.12. The van der Waals surface area contributed by atoms with Crippen LogP contribution in [-0.2, 0) is 9.31 Å². The SMILES string of the molecule is C=Cc1ncc(C)cc1B1OC(C)(C)C(C)(C)O1. The highest BCUT2D eigenvalue weighted by atomic mass is 16.7. The maximum absolute atomic E-state index is 6.04. The summed E-state index contributed by atoms with van der Waals surface area (Å²) in [5, 5.41) is 0. The van der Waals surface area contributed by atoms with Gasteiger partial charge >= 0.3 is 7.12 Å². The highest BCUT2D eigenvalue weighted by Crippen LogP contribution is 2.36. The molecule has 4 heteroatoms. The summed E-state index contributed by atoms with van der Waals surface area (Å²) in [6.45, 7) is 14.0. The van der Waals surface area contributed by atoms with E-state index >= 15 is 0 Å². The molecule has 1 aromatic heterocycles. The molecule has 1 aromatic rings.